The number of rotatable bonds is 5. The lowest BCUT2D eigenvalue weighted by Gasteiger charge is -2.33. The van der Waals surface area contributed by atoms with Crippen molar-refractivity contribution in [2.24, 2.45) is 5.92 Å². The molecule has 0 bridgehead atoms. The van der Waals surface area contributed by atoms with Crippen molar-refractivity contribution in [2.75, 3.05) is 0 Å². The van der Waals surface area contributed by atoms with E-state index in [4.69, 9.17) is 0 Å². The van der Waals surface area contributed by atoms with Crippen LogP contribution in [0.5, 0.6) is 0 Å². The predicted molar refractivity (Wildman–Crippen MR) is 69.8 cm³/mol. The van der Waals surface area contributed by atoms with E-state index in [1.54, 1.807) is 0 Å². The fraction of sp³-hybridized carbons (Fsp3) is 0.429. The summed E-state index contributed by atoms with van der Waals surface area (Å²) in [4.78, 5) is 49.1. The maximum Gasteiger partial charge on any atom is 0.255 e. The summed E-state index contributed by atoms with van der Waals surface area (Å²) in [6.45, 7) is 3.99. The van der Waals surface area contributed by atoms with E-state index in [2.05, 4.69) is 0 Å². The first-order valence-corrected chi connectivity index (χ1v) is 6.52. The molecule has 2 aliphatic rings. The molecule has 0 unspecified atom stereocenters. The van der Waals surface area contributed by atoms with E-state index in [0.717, 1.165) is 34.1 Å². The zero-order valence-corrected chi connectivity index (χ0v) is 11.4. The van der Waals surface area contributed by atoms with Gasteiger partial charge in [0.1, 0.15) is 6.17 Å². The third-order valence-electron chi connectivity index (χ3n) is 3.29. The summed E-state index contributed by atoms with van der Waals surface area (Å²) < 4.78 is 0. The summed E-state index contributed by atoms with van der Waals surface area (Å²) in [6, 6.07) is 0. The van der Waals surface area contributed by atoms with Gasteiger partial charge in [0.2, 0.25) is 0 Å². The number of imide groups is 2. The number of carbonyl (C=O) groups excluding carboxylic acids is 4. The fourth-order valence-electron chi connectivity index (χ4n) is 2.27. The van der Waals surface area contributed by atoms with Gasteiger partial charge in [-0.15, -0.1) is 0 Å². The van der Waals surface area contributed by atoms with E-state index < -0.39 is 29.8 Å². The van der Waals surface area contributed by atoms with E-state index >= 15 is 0 Å². The Labute approximate surface area is 116 Å². The largest absolute Gasteiger partial charge is 0.269 e. The molecule has 106 valence electrons. The average Bonchev–Trinajstić information content (AvgIpc) is 2.87. The number of hydrogen-bond acceptors (Lipinski definition) is 4. The van der Waals surface area contributed by atoms with E-state index in [0.29, 0.717) is 18.8 Å². The second-order valence-corrected chi connectivity index (χ2v) is 5.21. The summed E-state index contributed by atoms with van der Waals surface area (Å²) in [7, 11) is 0. The number of hydrogen-bond donors (Lipinski definition) is 0. The minimum atomic E-state index is -0.845. The molecule has 6 heteroatoms. The lowest BCUT2D eigenvalue weighted by Crippen LogP contribution is -2.53. The van der Waals surface area contributed by atoms with Crippen LogP contribution < -0.4 is 0 Å². The molecular weight excluding hydrogens is 260 g/mol. The van der Waals surface area contributed by atoms with Crippen molar-refractivity contribution in [3.05, 3.63) is 24.3 Å². The maximum absolute atomic E-state index is 11.8. The van der Waals surface area contributed by atoms with Crippen LogP contribution in [0.4, 0.5) is 0 Å². The van der Waals surface area contributed by atoms with Crippen LogP contribution in [-0.4, -0.2) is 39.6 Å². The first-order valence-electron chi connectivity index (χ1n) is 6.52. The van der Waals surface area contributed by atoms with Crippen LogP contribution >= 0.6 is 0 Å². The number of carbonyl (C=O) groups is 4. The zero-order valence-electron chi connectivity index (χ0n) is 11.4. The van der Waals surface area contributed by atoms with Crippen LogP contribution in [0.2, 0.25) is 0 Å². The molecule has 0 saturated carbocycles. The van der Waals surface area contributed by atoms with Crippen molar-refractivity contribution in [3.8, 4) is 0 Å². The molecule has 2 heterocycles. The summed E-state index contributed by atoms with van der Waals surface area (Å²) in [6.07, 6.45) is 4.86. The standard InChI is InChI=1S/C14H16N2O4/c1-9(2)3-4-10(15-11(17)5-6-12(15)18)16-13(19)7-8-14(16)20/h5-10H,3-4H2,1-2H3. The van der Waals surface area contributed by atoms with Gasteiger partial charge < -0.3 is 0 Å². The molecule has 0 aromatic rings. The summed E-state index contributed by atoms with van der Waals surface area (Å²) in [5, 5.41) is 0. The highest BCUT2D eigenvalue weighted by atomic mass is 16.2. The highest BCUT2D eigenvalue weighted by molar-refractivity contribution is 6.16. The SMILES string of the molecule is CC(C)CCC(N1C(=O)C=CC1=O)N1C(=O)C=CC1=O. The van der Waals surface area contributed by atoms with E-state index in [-0.39, 0.29) is 0 Å². The van der Waals surface area contributed by atoms with E-state index in [1.807, 2.05) is 13.8 Å². The van der Waals surface area contributed by atoms with Crippen molar-refractivity contribution >= 4 is 23.6 Å². The summed E-state index contributed by atoms with van der Waals surface area (Å²) in [5.41, 5.74) is 0. The van der Waals surface area contributed by atoms with E-state index in [1.165, 1.54) is 0 Å². The van der Waals surface area contributed by atoms with Crippen molar-refractivity contribution in [2.45, 2.75) is 32.9 Å². The molecule has 6 nitrogen and oxygen atoms in total. The zero-order chi connectivity index (χ0) is 14.9. The van der Waals surface area contributed by atoms with Gasteiger partial charge >= 0.3 is 0 Å². The third kappa shape index (κ3) is 2.54. The average molecular weight is 276 g/mol. The van der Waals surface area contributed by atoms with Crippen LogP contribution in [0, 0.1) is 5.92 Å². The monoisotopic (exact) mass is 276 g/mol. The van der Waals surface area contributed by atoms with Gasteiger partial charge in [0.25, 0.3) is 23.6 Å². The van der Waals surface area contributed by atoms with Gasteiger partial charge in [0.05, 0.1) is 0 Å². The molecule has 0 spiro atoms. The highest BCUT2D eigenvalue weighted by Crippen LogP contribution is 2.22. The molecule has 20 heavy (non-hydrogen) atoms. The van der Waals surface area contributed by atoms with Crippen molar-refractivity contribution in [1.82, 2.24) is 9.80 Å². The highest BCUT2D eigenvalue weighted by Gasteiger charge is 2.40. The quantitative estimate of drug-likeness (QED) is 0.689. The van der Waals surface area contributed by atoms with Crippen LogP contribution in [0.25, 0.3) is 0 Å². The van der Waals surface area contributed by atoms with Crippen LogP contribution in [0.15, 0.2) is 24.3 Å². The molecule has 0 saturated heterocycles. The topological polar surface area (TPSA) is 74.8 Å². The Morgan fingerprint density at radius 3 is 1.40 bits per heavy atom. The fourth-order valence-corrected chi connectivity index (χ4v) is 2.27. The van der Waals surface area contributed by atoms with Gasteiger partial charge in [0, 0.05) is 24.3 Å². The van der Waals surface area contributed by atoms with Crippen molar-refractivity contribution < 1.29 is 19.2 Å². The van der Waals surface area contributed by atoms with Gasteiger partial charge in [0.15, 0.2) is 0 Å². The second-order valence-electron chi connectivity index (χ2n) is 5.21. The molecule has 0 aromatic carbocycles. The molecule has 0 atom stereocenters. The Kier molecular flexibility index (Phi) is 3.83. The Morgan fingerprint density at radius 2 is 1.10 bits per heavy atom. The van der Waals surface area contributed by atoms with Crippen molar-refractivity contribution in [1.29, 1.82) is 0 Å². The lowest BCUT2D eigenvalue weighted by atomic mass is 10.1. The molecule has 0 aromatic heterocycles. The summed E-state index contributed by atoms with van der Waals surface area (Å²) >= 11 is 0. The lowest BCUT2D eigenvalue weighted by molar-refractivity contribution is -0.152. The van der Waals surface area contributed by atoms with Gasteiger partial charge in [-0.25, -0.2) is 0 Å². The van der Waals surface area contributed by atoms with Gasteiger partial charge in [-0.1, -0.05) is 13.8 Å². The predicted octanol–water partition coefficient (Wildman–Crippen LogP) is 0.599. The molecule has 0 N–H and O–H groups in total. The first kappa shape index (κ1) is 14.2. The smallest absolute Gasteiger partial charge is 0.255 e. The molecule has 4 amide bonds. The van der Waals surface area contributed by atoms with Gasteiger partial charge in [-0.3, -0.25) is 29.0 Å². The molecule has 0 fully saturated rings. The normalized spacial score (nSPS) is 18.6. The minimum Gasteiger partial charge on any atom is -0.269 e. The Balaban J connectivity index is 2.25. The van der Waals surface area contributed by atoms with Crippen LogP contribution in [0.1, 0.15) is 26.7 Å². The van der Waals surface area contributed by atoms with Crippen molar-refractivity contribution in [3.63, 3.8) is 0 Å². The van der Waals surface area contributed by atoms with Gasteiger partial charge in [-0.05, 0) is 18.8 Å². The Morgan fingerprint density at radius 1 is 0.750 bits per heavy atom. The Hall–Kier alpha value is -2.24. The van der Waals surface area contributed by atoms with Gasteiger partial charge in [-0.2, -0.15) is 0 Å². The molecule has 0 radical (unpaired) electrons. The van der Waals surface area contributed by atoms with Crippen LogP contribution in [-0.2, 0) is 19.2 Å². The number of nitrogens with zero attached hydrogens (tertiary/aromatic N) is 2. The summed E-state index contributed by atoms with van der Waals surface area (Å²) in [5.74, 6) is -1.63. The molecule has 0 aliphatic carbocycles. The number of amides is 4. The Bertz CT molecular complexity index is 455. The maximum atomic E-state index is 11.8. The third-order valence-corrected chi connectivity index (χ3v) is 3.29. The second kappa shape index (κ2) is 5.40. The molecular formula is C14H16N2O4. The first-order chi connectivity index (χ1) is 9.41. The van der Waals surface area contributed by atoms with E-state index in [9.17, 15) is 19.2 Å². The minimum absolute atomic E-state index is 0.332. The molecule has 2 aliphatic heterocycles. The van der Waals surface area contributed by atoms with Crippen LogP contribution in [0.3, 0.4) is 0 Å². The molecule has 2 rings (SSSR count).